The molecule has 0 aromatic rings. The Hall–Kier alpha value is -1.23. The molecular weight excluding hydrogens is 341 g/mol. The number of halogens is 3. The highest BCUT2D eigenvalue weighted by molar-refractivity contribution is 7.86. The van der Waals surface area contributed by atoms with Gasteiger partial charge in [0, 0.05) is 63.2 Å². The summed E-state index contributed by atoms with van der Waals surface area (Å²) in [4.78, 5) is 23.0. The SMILES string of the molecule is CC(=O)NC1CC(C)(C)[N+](=O)C(C)(C)C1.O=S(=O)([O-])C(F)(F)F. The summed E-state index contributed by atoms with van der Waals surface area (Å²) in [6.07, 6.45) is 1.42. The van der Waals surface area contributed by atoms with Gasteiger partial charge in [0.15, 0.2) is 10.1 Å². The highest BCUT2D eigenvalue weighted by atomic mass is 32.2. The summed E-state index contributed by atoms with van der Waals surface area (Å²) < 4.78 is 60.1. The summed E-state index contributed by atoms with van der Waals surface area (Å²) in [6.45, 7) is 9.22. The number of piperidine rings is 1. The standard InChI is InChI=1S/C11H20N2O2.CHF3O3S/c1-8(14)12-9-6-10(2,3)13(15)11(4,5)7-9;2-1(3,4)8(5,6)7/h9H,6-7H2,1-5H3;(H,5,6,7). The number of nitrogens with one attached hydrogen (secondary N) is 1. The van der Waals surface area contributed by atoms with Crippen LogP contribution in [0.5, 0.6) is 0 Å². The molecule has 0 bridgehead atoms. The van der Waals surface area contributed by atoms with Crippen molar-refractivity contribution in [2.45, 2.75) is 70.1 Å². The molecule has 1 heterocycles. The van der Waals surface area contributed by atoms with E-state index in [-0.39, 0.29) is 11.9 Å². The minimum atomic E-state index is -6.09. The van der Waals surface area contributed by atoms with E-state index in [4.69, 9.17) is 13.0 Å². The van der Waals surface area contributed by atoms with E-state index < -0.39 is 26.7 Å². The number of nitrogens with zero attached hydrogens (tertiary/aromatic N) is 1. The van der Waals surface area contributed by atoms with Crippen LogP contribution in [0.25, 0.3) is 0 Å². The summed E-state index contributed by atoms with van der Waals surface area (Å²) in [5.74, 6) is -0.0223. The summed E-state index contributed by atoms with van der Waals surface area (Å²) in [6, 6.07) is 0.109. The lowest BCUT2D eigenvalue weighted by Gasteiger charge is -2.36. The first kappa shape index (κ1) is 21.8. The second kappa shape index (κ2) is 6.71. The van der Waals surface area contributed by atoms with E-state index in [9.17, 15) is 22.9 Å². The normalized spacial score (nSPS) is 21.2. The van der Waals surface area contributed by atoms with Crippen molar-refractivity contribution in [1.82, 2.24) is 5.32 Å². The fourth-order valence-corrected chi connectivity index (χ4v) is 2.65. The van der Waals surface area contributed by atoms with Crippen LogP contribution < -0.4 is 5.32 Å². The molecule has 0 aliphatic carbocycles. The van der Waals surface area contributed by atoms with Gasteiger partial charge in [0.05, 0.1) is 0 Å². The molecule has 0 atom stereocenters. The van der Waals surface area contributed by atoms with Crippen LogP contribution in [-0.4, -0.2) is 46.3 Å². The zero-order valence-corrected chi connectivity index (χ0v) is 14.3. The van der Waals surface area contributed by atoms with Gasteiger partial charge in [-0.3, -0.25) is 4.79 Å². The number of rotatable bonds is 1. The van der Waals surface area contributed by atoms with Gasteiger partial charge in [-0.2, -0.15) is 13.2 Å². The molecule has 1 aliphatic heterocycles. The van der Waals surface area contributed by atoms with Crippen LogP contribution in [0.3, 0.4) is 0 Å². The molecule has 1 rings (SSSR count). The van der Waals surface area contributed by atoms with Crippen LogP contribution >= 0.6 is 0 Å². The van der Waals surface area contributed by atoms with Crippen LogP contribution in [0.1, 0.15) is 47.5 Å². The van der Waals surface area contributed by atoms with Gasteiger partial charge in [0.1, 0.15) is 0 Å². The molecular formula is C12H21F3N2O5S. The van der Waals surface area contributed by atoms with E-state index in [0.717, 1.165) is 4.76 Å². The molecule has 23 heavy (non-hydrogen) atoms. The second-order valence-corrected chi connectivity index (χ2v) is 8.00. The largest absolute Gasteiger partial charge is 0.741 e. The smallest absolute Gasteiger partial charge is 0.485 e. The number of carbonyl (C=O) groups excluding carboxylic acids is 1. The van der Waals surface area contributed by atoms with E-state index in [2.05, 4.69) is 5.32 Å². The summed E-state index contributed by atoms with van der Waals surface area (Å²) in [7, 11) is -6.09. The van der Waals surface area contributed by atoms with Crippen LogP contribution in [-0.2, 0) is 14.9 Å². The van der Waals surface area contributed by atoms with Gasteiger partial charge in [-0.05, 0) is 0 Å². The van der Waals surface area contributed by atoms with Crippen molar-refractivity contribution in [3.8, 4) is 0 Å². The molecule has 0 saturated carbocycles. The third kappa shape index (κ3) is 6.42. The van der Waals surface area contributed by atoms with Gasteiger partial charge in [0.25, 0.3) is 0 Å². The number of hydrogen-bond donors (Lipinski definition) is 1. The molecule has 0 spiro atoms. The van der Waals surface area contributed by atoms with Gasteiger partial charge in [0.2, 0.25) is 17.0 Å². The third-order valence-corrected chi connectivity index (χ3v) is 3.85. The van der Waals surface area contributed by atoms with Crippen molar-refractivity contribution in [3.05, 3.63) is 4.91 Å². The van der Waals surface area contributed by atoms with Gasteiger partial charge in [-0.25, -0.2) is 8.42 Å². The first-order valence-electron chi connectivity index (χ1n) is 6.67. The summed E-state index contributed by atoms with van der Waals surface area (Å²) >= 11 is 0. The number of alkyl halides is 3. The Morgan fingerprint density at radius 1 is 1.17 bits per heavy atom. The van der Waals surface area contributed by atoms with E-state index >= 15 is 0 Å². The van der Waals surface area contributed by atoms with Crippen molar-refractivity contribution in [3.63, 3.8) is 0 Å². The molecule has 1 aliphatic rings. The van der Waals surface area contributed by atoms with E-state index in [0.29, 0.717) is 12.8 Å². The van der Waals surface area contributed by atoms with Gasteiger partial charge < -0.3 is 9.87 Å². The molecule has 0 aromatic carbocycles. The van der Waals surface area contributed by atoms with Crippen LogP contribution in [0, 0.1) is 4.91 Å². The predicted octanol–water partition coefficient (Wildman–Crippen LogP) is 1.67. The lowest BCUT2D eigenvalue weighted by molar-refractivity contribution is -0.693. The van der Waals surface area contributed by atoms with E-state index in [1.807, 2.05) is 27.7 Å². The molecule has 1 amide bonds. The quantitative estimate of drug-likeness (QED) is 0.434. The molecule has 136 valence electrons. The third-order valence-electron chi connectivity index (χ3n) is 3.28. The summed E-state index contributed by atoms with van der Waals surface area (Å²) in [5.41, 5.74) is -6.46. The monoisotopic (exact) mass is 362 g/mol. The molecule has 0 radical (unpaired) electrons. The number of carbonyl (C=O) groups is 1. The highest BCUT2D eigenvalue weighted by Crippen LogP contribution is 2.34. The zero-order valence-electron chi connectivity index (χ0n) is 13.5. The van der Waals surface area contributed by atoms with Crippen molar-refractivity contribution < 1.29 is 35.7 Å². The van der Waals surface area contributed by atoms with Gasteiger partial charge in [-0.1, -0.05) is 0 Å². The lowest BCUT2D eigenvalue weighted by Crippen LogP contribution is -2.58. The molecule has 0 aromatic heterocycles. The first-order chi connectivity index (χ1) is 9.90. The minimum absolute atomic E-state index is 0.0223. The Bertz CT molecular complexity index is 550. The lowest BCUT2D eigenvalue weighted by atomic mass is 9.79. The maximum absolute atomic E-state index is 12.0. The predicted molar refractivity (Wildman–Crippen MR) is 74.4 cm³/mol. The Morgan fingerprint density at radius 3 is 1.70 bits per heavy atom. The maximum Gasteiger partial charge on any atom is 0.485 e. The number of hydrogen-bond acceptors (Lipinski definition) is 5. The minimum Gasteiger partial charge on any atom is -0.741 e. The average molecular weight is 362 g/mol. The van der Waals surface area contributed by atoms with Crippen molar-refractivity contribution in [2.24, 2.45) is 0 Å². The summed E-state index contributed by atoms with van der Waals surface area (Å²) in [5, 5.41) is 2.91. The Kier molecular flexibility index (Phi) is 6.36. The molecule has 1 saturated heterocycles. The fraction of sp³-hybridized carbons (Fsp3) is 0.917. The topological polar surface area (TPSA) is 106 Å². The molecule has 11 heteroatoms. The molecule has 1 fully saturated rings. The van der Waals surface area contributed by atoms with Crippen molar-refractivity contribution in [2.75, 3.05) is 0 Å². The Labute approximate surface area is 132 Å². The first-order valence-corrected chi connectivity index (χ1v) is 8.08. The number of amides is 1. The van der Waals surface area contributed by atoms with Crippen LogP contribution in [0.4, 0.5) is 13.2 Å². The maximum atomic E-state index is 12.0. The van der Waals surface area contributed by atoms with Crippen molar-refractivity contribution >= 4 is 16.0 Å². The van der Waals surface area contributed by atoms with E-state index in [1.165, 1.54) is 6.92 Å². The Balaban J connectivity index is 0.000000515. The zero-order chi connectivity index (χ0) is 18.9. The fourth-order valence-electron chi connectivity index (χ4n) is 2.65. The molecule has 0 unspecified atom stereocenters. The van der Waals surface area contributed by atoms with Crippen molar-refractivity contribution in [1.29, 1.82) is 0 Å². The molecule has 1 N–H and O–H groups in total. The van der Waals surface area contributed by atoms with Gasteiger partial charge in [-0.15, -0.1) is 0 Å². The molecule has 7 nitrogen and oxygen atoms in total. The average Bonchev–Trinajstić information content (AvgIpc) is 2.21. The second-order valence-electron chi connectivity index (χ2n) is 6.62. The highest BCUT2D eigenvalue weighted by Gasteiger charge is 2.53. The van der Waals surface area contributed by atoms with Gasteiger partial charge >= 0.3 is 5.51 Å². The number of nitroso groups, excluding NO2 is 1. The van der Waals surface area contributed by atoms with Crippen LogP contribution in [0.15, 0.2) is 0 Å². The van der Waals surface area contributed by atoms with E-state index in [1.54, 1.807) is 0 Å². The van der Waals surface area contributed by atoms with Crippen LogP contribution in [0.2, 0.25) is 0 Å². The Morgan fingerprint density at radius 2 is 1.48 bits per heavy atom.